The summed E-state index contributed by atoms with van der Waals surface area (Å²) in [6.07, 6.45) is 11.2. The van der Waals surface area contributed by atoms with Gasteiger partial charge in [0.25, 0.3) is 0 Å². The van der Waals surface area contributed by atoms with E-state index in [1.807, 2.05) is 0 Å². The van der Waals surface area contributed by atoms with E-state index in [0.29, 0.717) is 11.6 Å². The minimum atomic E-state index is 0.312. The van der Waals surface area contributed by atoms with Crippen LogP contribution in [0.15, 0.2) is 0 Å². The summed E-state index contributed by atoms with van der Waals surface area (Å²) in [5.74, 6) is 0.971. The first-order valence-electron chi connectivity index (χ1n) is 9.37. The van der Waals surface area contributed by atoms with Gasteiger partial charge in [0.1, 0.15) is 0 Å². The summed E-state index contributed by atoms with van der Waals surface area (Å²) in [5.41, 5.74) is 6.66. The fourth-order valence-electron chi connectivity index (χ4n) is 5.28. The van der Waals surface area contributed by atoms with Crippen LogP contribution in [0, 0.1) is 5.92 Å². The van der Waals surface area contributed by atoms with Crippen molar-refractivity contribution in [2.45, 2.75) is 82.8 Å². The van der Waals surface area contributed by atoms with Crippen LogP contribution >= 0.6 is 0 Å². The molecule has 2 heterocycles. The Morgan fingerprint density at radius 3 is 2.33 bits per heavy atom. The van der Waals surface area contributed by atoms with E-state index in [2.05, 4.69) is 23.6 Å². The molecule has 2 N–H and O–H groups in total. The highest BCUT2D eigenvalue weighted by molar-refractivity contribution is 5.02. The summed E-state index contributed by atoms with van der Waals surface area (Å²) in [6.45, 7) is 9.30. The highest BCUT2D eigenvalue weighted by Gasteiger charge is 2.45. The molecule has 3 fully saturated rings. The average molecular weight is 293 g/mol. The topological polar surface area (TPSA) is 32.5 Å². The molecule has 3 rings (SSSR count). The van der Waals surface area contributed by atoms with Crippen LogP contribution in [0.4, 0.5) is 0 Å². The number of hydrogen-bond donors (Lipinski definition) is 1. The maximum Gasteiger partial charge on any atom is 0.0359 e. The van der Waals surface area contributed by atoms with Gasteiger partial charge in [-0.3, -0.25) is 4.90 Å². The predicted molar refractivity (Wildman–Crippen MR) is 89.4 cm³/mol. The van der Waals surface area contributed by atoms with Crippen LogP contribution in [0.2, 0.25) is 0 Å². The number of nitrogens with zero attached hydrogens (tertiary/aromatic N) is 2. The minimum absolute atomic E-state index is 0.312. The Labute approximate surface area is 131 Å². The molecule has 2 saturated heterocycles. The Kier molecular flexibility index (Phi) is 4.92. The Balaban J connectivity index is 1.73. The lowest BCUT2D eigenvalue weighted by molar-refractivity contribution is -0.0573. The molecule has 0 aromatic heterocycles. The first-order chi connectivity index (χ1) is 10.2. The largest absolute Gasteiger partial charge is 0.329 e. The third kappa shape index (κ3) is 3.02. The molecule has 0 spiro atoms. The molecule has 2 unspecified atom stereocenters. The Morgan fingerprint density at radius 2 is 1.67 bits per heavy atom. The summed E-state index contributed by atoms with van der Waals surface area (Å²) < 4.78 is 0. The molecule has 122 valence electrons. The zero-order valence-corrected chi connectivity index (χ0v) is 14.2. The number of likely N-dealkylation sites (tertiary alicyclic amines) is 2. The van der Waals surface area contributed by atoms with E-state index in [0.717, 1.165) is 18.5 Å². The van der Waals surface area contributed by atoms with E-state index in [-0.39, 0.29) is 0 Å². The fourth-order valence-corrected chi connectivity index (χ4v) is 5.28. The third-order valence-corrected chi connectivity index (χ3v) is 6.69. The van der Waals surface area contributed by atoms with Crippen molar-refractivity contribution in [3.05, 3.63) is 0 Å². The molecular formula is C18H35N3. The van der Waals surface area contributed by atoms with Crippen LogP contribution in [0.3, 0.4) is 0 Å². The van der Waals surface area contributed by atoms with Gasteiger partial charge in [0.2, 0.25) is 0 Å². The number of nitrogens with two attached hydrogens (primary N) is 1. The standard InChI is InChI=1S/C18H35N3/c1-15(2)20-12-9-18(14-19,10-13-20)21-11-5-7-16-6-3-4-8-17(16)21/h15-17H,3-14,19H2,1-2H3. The second-order valence-corrected chi connectivity index (χ2v) is 8.01. The summed E-state index contributed by atoms with van der Waals surface area (Å²) in [6, 6.07) is 1.53. The molecule has 1 aliphatic carbocycles. The summed E-state index contributed by atoms with van der Waals surface area (Å²) in [4.78, 5) is 5.54. The molecule has 3 heteroatoms. The van der Waals surface area contributed by atoms with Crippen LogP contribution in [-0.2, 0) is 0 Å². The van der Waals surface area contributed by atoms with Crippen molar-refractivity contribution < 1.29 is 0 Å². The smallest absolute Gasteiger partial charge is 0.0359 e. The van der Waals surface area contributed by atoms with Crippen LogP contribution < -0.4 is 5.73 Å². The summed E-state index contributed by atoms with van der Waals surface area (Å²) in [7, 11) is 0. The molecular weight excluding hydrogens is 258 g/mol. The SMILES string of the molecule is CC(C)N1CCC(CN)(N2CCCC3CCCCC32)CC1. The van der Waals surface area contributed by atoms with Crippen molar-refractivity contribution in [3.8, 4) is 0 Å². The average Bonchev–Trinajstić information content (AvgIpc) is 2.54. The van der Waals surface area contributed by atoms with Crippen molar-refractivity contribution in [2.24, 2.45) is 11.7 Å². The molecule has 0 amide bonds. The third-order valence-electron chi connectivity index (χ3n) is 6.69. The zero-order chi connectivity index (χ0) is 14.9. The number of fused-ring (bicyclic) bond motifs is 1. The van der Waals surface area contributed by atoms with E-state index >= 15 is 0 Å². The number of piperidine rings is 2. The van der Waals surface area contributed by atoms with Crippen LogP contribution in [-0.4, -0.2) is 53.6 Å². The van der Waals surface area contributed by atoms with Crippen molar-refractivity contribution in [2.75, 3.05) is 26.2 Å². The fraction of sp³-hybridized carbons (Fsp3) is 1.00. The monoisotopic (exact) mass is 293 g/mol. The molecule has 2 atom stereocenters. The maximum absolute atomic E-state index is 6.35. The second kappa shape index (κ2) is 6.55. The van der Waals surface area contributed by atoms with Gasteiger partial charge < -0.3 is 10.6 Å². The van der Waals surface area contributed by atoms with E-state index in [9.17, 15) is 0 Å². The van der Waals surface area contributed by atoms with E-state index in [1.54, 1.807) is 0 Å². The Bertz CT molecular complexity index is 331. The van der Waals surface area contributed by atoms with E-state index in [1.165, 1.54) is 71.0 Å². The lowest BCUT2D eigenvalue weighted by Gasteiger charge is -2.56. The molecule has 0 aromatic carbocycles. The van der Waals surface area contributed by atoms with Gasteiger partial charge >= 0.3 is 0 Å². The van der Waals surface area contributed by atoms with Gasteiger partial charge in [0.05, 0.1) is 0 Å². The lowest BCUT2D eigenvalue weighted by Crippen LogP contribution is -2.65. The quantitative estimate of drug-likeness (QED) is 0.868. The first kappa shape index (κ1) is 15.8. The lowest BCUT2D eigenvalue weighted by atomic mass is 9.74. The Morgan fingerprint density at radius 1 is 1.00 bits per heavy atom. The van der Waals surface area contributed by atoms with Crippen LogP contribution in [0.1, 0.15) is 65.2 Å². The highest BCUT2D eigenvalue weighted by Crippen LogP contribution is 2.41. The normalized spacial score (nSPS) is 34.9. The van der Waals surface area contributed by atoms with Crippen LogP contribution in [0.25, 0.3) is 0 Å². The second-order valence-electron chi connectivity index (χ2n) is 8.01. The van der Waals surface area contributed by atoms with Gasteiger partial charge in [-0.2, -0.15) is 0 Å². The highest BCUT2D eigenvalue weighted by atomic mass is 15.3. The molecule has 3 aliphatic rings. The summed E-state index contributed by atoms with van der Waals surface area (Å²) >= 11 is 0. The minimum Gasteiger partial charge on any atom is -0.329 e. The van der Waals surface area contributed by atoms with Gasteiger partial charge in [-0.1, -0.05) is 12.8 Å². The molecule has 3 nitrogen and oxygen atoms in total. The van der Waals surface area contributed by atoms with Gasteiger partial charge in [0, 0.05) is 37.3 Å². The molecule has 21 heavy (non-hydrogen) atoms. The Hall–Kier alpha value is -0.120. The van der Waals surface area contributed by atoms with Gasteiger partial charge in [-0.15, -0.1) is 0 Å². The number of hydrogen-bond acceptors (Lipinski definition) is 3. The van der Waals surface area contributed by atoms with E-state index in [4.69, 9.17) is 5.73 Å². The van der Waals surface area contributed by atoms with Crippen molar-refractivity contribution in [3.63, 3.8) is 0 Å². The molecule has 0 radical (unpaired) electrons. The van der Waals surface area contributed by atoms with Gasteiger partial charge in [-0.25, -0.2) is 0 Å². The summed E-state index contributed by atoms with van der Waals surface area (Å²) in [5, 5.41) is 0. The maximum atomic E-state index is 6.35. The molecule has 2 aliphatic heterocycles. The first-order valence-corrected chi connectivity index (χ1v) is 9.37. The van der Waals surface area contributed by atoms with Crippen molar-refractivity contribution in [1.82, 2.24) is 9.80 Å². The molecule has 0 bridgehead atoms. The zero-order valence-electron chi connectivity index (χ0n) is 14.2. The van der Waals surface area contributed by atoms with Crippen molar-refractivity contribution in [1.29, 1.82) is 0 Å². The van der Waals surface area contributed by atoms with Gasteiger partial charge in [-0.05, 0) is 64.8 Å². The molecule has 0 aromatic rings. The van der Waals surface area contributed by atoms with Gasteiger partial charge in [0.15, 0.2) is 0 Å². The van der Waals surface area contributed by atoms with E-state index < -0.39 is 0 Å². The van der Waals surface area contributed by atoms with Crippen LogP contribution in [0.5, 0.6) is 0 Å². The molecule has 1 saturated carbocycles. The van der Waals surface area contributed by atoms with Crippen molar-refractivity contribution >= 4 is 0 Å². The number of rotatable bonds is 3. The predicted octanol–water partition coefficient (Wildman–Crippen LogP) is 2.84.